The number of amides is 2. The van der Waals surface area contributed by atoms with Crippen LogP contribution in [0.4, 0.5) is 10.1 Å². The van der Waals surface area contributed by atoms with E-state index in [4.69, 9.17) is 9.47 Å². The minimum Gasteiger partial charge on any atom is -0.496 e. The number of hydrogen-bond donors (Lipinski definition) is 1. The molecule has 1 atom stereocenters. The van der Waals surface area contributed by atoms with Gasteiger partial charge in [-0.2, -0.15) is 0 Å². The molecule has 2 aromatic carbocycles. The molecule has 0 spiro atoms. The highest BCUT2D eigenvalue weighted by Gasteiger charge is 2.34. The fourth-order valence-electron chi connectivity index (χ4n) is 5.85. The number of likely N-dealkylation sites (tertiary alicyclic amines) is 1. The van der Waals surface area contributed by atoms with Crippen LogP contribution in [0.3, 0.4) is 0 Å². The van der Waals surface area contributed by atoms with E-state index in [9.17, 15) is 19.1 Å². The highest BCUT2D eigenvalue weighted by molar-refractivity contribution is 5.98. The number of halogens is 1. The van der Waals surface area contributed by atoms with E-state index in [1.165, 1.54) is 19.2 Å². The topological polar surface area (TPSA) is 82.6 Å². The Bertz CT molecular complexity index is 1180. The number of nitrogens with zero attached hydrogens (tertiary/aromatic N) is 3. The summed E-state index contributed by atoms with van der Waals surface area (Å²) in [6.45, 7) is 8.29. The number of methoxy groups -OCH3 is 1. The van der Waals surface area contributed by atoms with Crippen LogP contribution in [-0.4, -0.2) is 85.3 Å². The van der Waals surface area contributed by atoms with Crippen molar-refractivity contribution in [2.24, 2.45) is 0 Å². The number of fused-ring (bicyclic) bond motifs is 1. The van der Waals surface area contributed by atoms with Crippen LogP contribution >= 0.6 is 0 Å². The number of aliphatic hydroxyl groups excluding tert-OH is 1. The maximum absolute atomic E-state index is 14.0. The number of unbranched alkanes of at least 4 members (excludes halogenated alkanes) is 1. The predicted molar refractivity (Wildman–Crippen MR) is 157 cm³/mol. The van der Waals surface area contributed by atoms with Crippen LogP contribution in [-0.2, 0) is 11.2 Å². The van der Waals surface area contributed by atoms with Crippen molar-refractivity contribution in [1.82, 2.24) is 9.80 Å². The van der Waals surface area contributed by atoms with Crippen molar-refractivity contribution in [3.05, 3.63) is 53.3 Å². The molecule has 8 nitrogen and oxygen atoms in total. The Hall–Kier alpha value is -3.17. The minimum atomic E-state index is -0.347. The highest BCUT2D eigenvalue weighted by atomic mass is 19.1. The first-order valence-electron chi connectivity index (χ1n) is 15.0. The summed E-state index contributed by atoms with van der Waals surface area (Å²) >= 11 is 0. The second-order valence-corrected chi connectivity index (χ2v) is 10.9. The Kier molecular flexibility index (Phi) is 11.0. The van der Waals surface area contributed by atoms with Gasteiger partial charge in [-0.25, -0.2) is 4.39 Å². The van der Waals surface area contributed by atoms with E-state index in [1.54, 1.807) is 34.1 Å². The number of piperidine rings is 1. The van der Waals surface area contributed by atoms with Gasteiger partial charge < -0.3 is 29.3 Å². The number of carbonyl (C=O) groups excluding carboxylic acids is 2. The van der Waals surface area contributed by atoms with Gasteiger partial charge in [0.05, 0.1) is 31.1 Å². The zero-order chi connectivity index (χ0) is 29.4. The Morgan fingerprint density at radius 2 is 1.85 bits per heavy atom. The summed E-state index contributed by atoms with van der Waals surface area (Å²) in [6.07, 6.45) is 4.40. The molecule has 41 heavy (non-hydrogen) atoms. The number of anilines is 1. The molecule has 1 fully saturated rings. The summed E-state index contributed by atoms with van der Waals surface area (Å²) < 4.78 is 25.4. The molecular formula is C32H44FN3O5. The molecule has 9 heteroatoms. The van der Waals surface area contributed by atoms with Crippen molar-refractivity contribution < 1.29 is 28.6 Å². The molecule has 2 aromatic rings. The van der Waals surface area contributed by atoms with Crippen molar-refractivity contribution >= 4 is 17.5 Å². The molecule has 2 amide bonds. The maximum atomic E-state index is 14.0. The molecule has 224 valence electrons. The largest absolute Gasteiger partial charge is 0.496 e. The van der Waals surface area contributed by atoms with Gasteiger partial charge in [-0.05, 0) is 81.4 Å². The quantitative estimate of drug-likeness (QED) is 0.353. The average molecular weight is 570 g/mol. The van der Waals surface area contributed by atoms with Crippen LogP contribution in [0.1, 0.15) is 68.3 Å². The number of benzene rings is 2. The third-order valence-electron chi connectivity index (χ3n) is 8.27. The van der Waals surface area contributed by atoms with Gasteiger partial charge in [0.25, 0.3) is 5.91 Å². The van der Waals surface area contributed by atoms with Crippen LogP contribution in [0.25, 0.3) is 0 Å². The molecular weight excluding hydrogens is 525 g/mol. The van der Waals surface area contributed by atoms with E-state index in [0.717, 1.165) is 37.9 Å². The first kappa shape index (κ1) is 30.8. The Labute approximate surface area is 243 Å². The van der Waals surface area contributed by atoms with Crippen LogP contribution in [0.2, 0.25) is 0 Å². The van der Waals surface area contributed by atoms with E-state index >= 15 is 0 Å². The van der Waals surface area contributed by atoms with Gasteiger partial charge in [0, 0.05) is 38.2 Å². The monoisotopic (exact) mass is 569 g/mol. The summed E-state index contributed by atoms with van der Waals surface area (Å²) in [5.41, 5.74) is 2.13. The highest BCUT2D eigenvalue weighted by Crippen LogP contribution is 2.34. The smallest absolute Gasteiger partial charge is 0.257 e. The van der Waals surface area contributed by atoms with Gasteiger partial charge in [-0.1, -0.05) is 19.9 Å². The van der Waals surface area contributed by atoms with Crippen LogP contribution in [0, 0.1) is 5.82 Å². The molecule has 1 unspecified atom stereocenters. The molecule has 1 saturated heterocycles. The molecule has 0 saturated carbocycles. The molecule has 1 N–H and O–H groups in total. The van der Waals surface area contributed by atoms with Gasteiger partial charge in [0.1, 0.15) is 17.3 Å². The lowest BCUT2D eigenvalue weighted by Gasteiger charge is -2.41. The molecule has 0 radical (unpaired) electrons. The van der Waals surface area contributed by atoms with Crippen molar-refractivity contribution in [2.75, 3.05) is 51.3 Å². The molecule has 0 aliphatic carbocycles. The summed E-state index contributed by atoms with van der Waals surface area (Å²) in [4.78, 5) is 32.0. The van der Waals surface area contributed by atoms with E-state index in [1.807, 2.05) is 0 Å². The van der Waals surface area contributed by atoms with E-state index in [-0.39, 0.29) is 29.8 Å². The van der Waals surface area contributed by atoms with E-state index in [0.29, 0.717) is 74.7 Å². The van der Waals surface area contributed by atoms with Crippen LogP contribution < -0.4 is 14.4 Å². The third kappa shape index (κ3) is 7.77. The standard InChI is InChI=1S/C32H44FN3O5/c1-4-34(5-2)22-26(37)8-6-7-19-41-27-12-13-28(30(21-27)40-3)32(39)35-17-15-25(16-18-35)36-29-20-24(33)11-9-23(29)10-14-31(36)38/h9,11-13,20-21,25-26,37H,4-8,10,14-19,22H2,1-3H3. The third-order valence-corrected chi connectivity index (χ3v) is 8.27. The maximum Gasteiger partial charge on any atom is 0.257 e. The first-order valence-corrected chi connectivity index (χ1v) is 15.0. The van der Waals surface area contributed by atoms with Crippen molar-refractivity contribution in [1.29, 1.82) is 0 Å². The SMILES string of the molecule is CCN(CC)CC(O)CCCCOc1ccc(C(=O)N2CCC(N3C(=O)CCc4ccc(F)cc43)CC2)c(OC)c1. The molecule has 0 bridgehead atoms. The second-order valence-electron chi connectivity index (χ2n) is 10.9. The number of aryl methyl sites for hydroxylation is 1. The average Bonchev–Trinajstić information content (AvgIpc) is 2.99. The zero-order valence-electron chi connectivity index (χ0n) is 24.6. The van der Waals surface area contributed by atoms with Crippen LogP contribution in [0.5, 0.6) is 11.5 Å². The second kappa shape index (κ2) is 14.6. The molecule has 4 rings (SSSR count). The van der Waals surface area contributed by atoms with Crippen LogP contribution in [0.15, 0.2) is 36.4 Å². The van der Waals surface area contributed by atoms with Crippen molar-refractivity contribution in [2.45, 2.75) is 70.9 Å². The van der Waals surface area contributed by atoms with Gasteiger partial charge in [-0.3, -0.25) is 9.59 Å². The van der Waals surface area contributed by atoms with Gasteiger partial charge in [0.15, 0.2) is 0 Å². The number of carbonyl (C=O) groups is 2. The number of likely N-dealkylation sites (N-methyl/N-ethyl adjacent to an activating group) is 1. The number of hydrogen-bond acceptors (Lipinski definition) is 6. The molecule has 2 aliphatic rings. The zero-order valence-corrected chi connectivity index (χ0v) is 24.6. The van der Waals surface area contributed by atoms with E-state index in [2.05, 4.69) is 18.7 Å². The fraction of sp³-hybridized carbons (Fsp3) is 0.562. The van der Waals surface area contributed by atoms with Gasteiger partial charge in [0.2, 0.25) is 5.91 Å². The summed E-state index contributed by atoms with van der Waals surface area (Å²) in [6, 6.07) is 9.87. The van der Waals surface area contributed by atoms with E-state index < -0.39 is 0 Å². The Balaban J connectivity index is 1.28. The first-order chi connectivity index (χ1) is 19.8. The summed E-state index contributed by atoms with van der Waals surface area (Å²) in [5.74, 6) is 0.641. The summed E-state index contributed by atoms with van der Waals surface area (Å²) in [7, 11) is 1.54. The summed E-state index contributed by atoms with van der Waals surface area (Å²) in [5, 5.41) is 10.2. The normalized spacial score (nSPS) is 16.6. The minimum absolute atomic E-state index is 0.0148. The number of ether oxygens (including phenoxy) is 2. The van der Waals surface area contributed by atoms with Gasteiger partial charge >= 0.3 is 0 Å². The molecule has 2 heterocycles. The lowest BCUT2D eigenvalue weighted by atomic mass is 9.95. The van der Waals surface area contributed by atoms with Crippen molar-refractivity contribution in [3.8, 4) is 11.5 Å². The fourth-order valence-corrected chi connectivity index (χ4v) is 5.85. The number of aliphatic hydroxyl groups is 1. The molecule has 2 aliphatic heterocycles. The van der Waals surface area contributed by atoms with Crippen molar-refractivity contribution in [3.63, 3.8) is 0 Å². The number of rotatable bonds is 13. The lowest BCUT2D eigenvalue weighted by Crippen LogP contribution is -2.50. The Morgan fingerprint density at radius 1 is 1.10 bits per heavy atom. The Morgan fingerprint density at radius 3 is 2.56 bits per heavy atom. The lowest BCUT2D eigenvalue weighted by molar-refractivity contribution is -0.119. The molecule has 0 aromatic heterocycles. The predicted octanol–water partition coefficient (Wildman–Crippen LogP) is 4.67. The van der Waals surface area contributed by atoms with Gasteiger partial charge in [-0.15, -0.1) is 0 Å².